The van der Waals surface area contributed by atoms with E-state index in [9.17, 15) is 4.79 Å². The number of ether oxygens (including phenoxy) is 2. The van der Waals surface area contributed by atoms with Gasteiger partial charge in [0.1, 0.15) is 19.0 Å². The molecule has 0 aliphatic carbocycles. The molecule has 1 saturated heterocycles. The van der Waals surface area contributed by atoms with Crippen LogP contribution in [0.4, 0.5) is 10.5 Å². The Labute approximate surface area is 173 Å². The van der Waals surface area contributed by atoms with Crippen LogP contribution in [0.5, 0.6) is 11.6 Å². The Morgan fingerprint density at radius 1 is 1.27 bits per heavy atom. The number of H-pyrrole nitrogens is 1. The maximum absolute atomic E-state index is 12.6. The van der Waals surface area contributed by atoms with Crippen LogP contribution in [0.3, 0.4) is 0 Å². The molecule has 0 radical (unpaired) electrons. The molecule has 2 aliphatic heterocycles. The molecule has 0 saturated carbocycles. The number of benzene rings is 1. The Balaban J connectivity index is 1.24. The number of piperidine rings is 1. The largest absolute Gasteiger partial charge is 0.484 e. The standard InChI is InChI=1S/C21H24N6O3/c1-27-7-6-13(10-17(27)19-25-15-4-2-3-5-16(15)26-19)23-21(28)24-14-11-18-20(22-12-14)30-9-8-29-18/h2-5,11-13,17H,6-10H2,1H3,(H,25,26)(H2,23,24,28)/t13-,17-/m1/s1. The van der Waals surface area contributed by atoms with Crippen LogP contribution in [0.25, 0.3) is 11.0 Å². The number of likely N-dealkylation sites (tertiary alicyclic amines) is 1. The second kappa shape index (κ2) is 7.83. The number of hydrogen-bond acceptors (Lipinski definition) is 6. The molecule has 2 aliphatic rings. The smallest absolute Gasteiger partial charge is 0.319 e. The molecule has 0 unspecified atom stereocenters. The third-order valence-corrected chi connectivity index (χ3v) is 5.58. The molecule has 4 heterocycles. The first-order chi connectivity index (χ1) is 14.7. The van der Waals surface area contributed by atoms with Gasteiger partial charge in [-0.3, -0.25) is 4.90 Å². The highest BCUT2D eigenvalue weighted by atomic mass is 16.6. The second-order valence-corrected chi connectivity index (χ2v) is 7.68. The lowest BCUT2D eigenvalue weighted by Gasteiger charge is -2.36. The van der Waals surface area contributed by atoms with E-state index >= 15 is 0 Å². The zero-order valence-electron chi connectivity index (χ0n) is 16.7. The Morgan fingerprint density at radius 2 is 2.13 bits per heavy atom. The van der Waals surface area contributed by atoms with Crippen molar-refractivity contribution >= 4 is 22.8 Å². The molecule has 2 atom stereocenters. The van der Waals surface area contributed by atoms with Crippen LogP contribution in [-0.2, 0) is 0 Å². The summed E-state index contributed by atoms with van der Waals surface area (Å²) in [7, 11) is 2.09. The number of aromatic amines is 1. The van der Waals surface area contributed by atoms with Crippen LogP contribution < -0.4 is 20.1 Å². The van der Waals surface area contributed by atoms with Crippen molar-refractivity contribution in [2.24, 2.45) is 0 Å². The van der Waals surface area contributed by atoms with Crippen LogP contribution in [0.2, 0.25) is 0 Å². The maximum Gasteiger partial charge on any atom is 0.319 e. The van der Waals surface area contributed by atoms with Crippen molar-refractivity contribution in [3.05, 3.63) is 42.4 Å². The molecule has 1 aromatic carbocycles. The Bertz CT molecular complexity index is 1030. The predicted molar refractivity (Wildman–Crippen MR) is 112 cm³/mol. The van der Waals surface area contributed by atoms with Gasteiger partial charge in [-0.05, 0) is 32.0 Å². The fourth-order valence-corrected chi connectivity index (χ4v) is 4.02. The van der Waals surface area contributed by atoms with Gasteiger partial charge < -0.3 is 25.1 Å². The van der Waals surface area contributed by atoms with E-state index in [2.05, 4.69) is 32.5 Å². The molecule has 2 amide bonds. The summed E-state index contributed by atoms with van der Waals surface area (Å²) in [5.41, 5.74) is 2.55. The van der Waals surface area contributed by atoms with E-state index in [0.29, 0.717) is 30.5 Å². The van der Waals surface area contributed by atoms with Gasteiger partial charge in [0.15, 0.2) is 5.75 Å². The topological polar surface area (TPSA) is 104 Å². The van der Waals surface area contributed by atoms with Gasteiger partial charge in [0, 0.05) is 18.7 Å². The third kappa shape index (κ3) is 3.76. The van der Waals surface area contributed by atoms with Gasteiger partial charge >= 0.3 is 6.03 Å². The number of aromatic nitrogens is 3. The number of pyridine rings is 1. The van der Waals surface area contributed by atoms with Gasteiger partial charge in [0.2, 0.25) is 0 Å². The number of amides is 2. The van der Waals surface area contributed by atoms with Crippen molar-refractivity contribution in [1.82, 2.24) is 25.2 Å². The normalized spacial score (nSPS) is 21.4. The molecule has 30 heavy (non-hydrogen) atoms. The number of fused-ring (bicyclic) bond motifs is 2. The molecule has 5 rings (SSSR count). The summed E-state index contributed by atoms with van der Waals surface area (Å²) in [6.07, 6.45) is 3.22. The van der Waals surface area contributed by atoms with E-state index in [-0.39, 0.29) is 18.1 Å². The average molecular weight is 408 g/mol. The molecule has 3 N–H and O–H groups in total. The van der Waals surface area contributed by atoms with Crippen LogP contribution in [-0.4, -0.2) is 58.7 Å². The molecule has 3 aromatic rings. The number of nitrogens with one attached hydrogen (secondary N) is 3. The summed E-state index contributed by atoms with van der Waals surface area (Å²) in [6.45, 7) is 1.83. The third-order valence-electron chi connectivity index (χ3n) is 5.58. The zero-order valence-corrected chi connectivity index (χ0v) is 16.7. The van der Waals surface area contributed by atoms with Crippen molar-refractivity contribution in [3.8, 4) is 11.6 Å². The Kier molecular flexibility index (Phi) is 4.88. The lowest BCUT2D eigenvalue weighted by atomic mass is 9.97. The highest BCUT2D eigenvalue weighted by Gasteiger charge is 2.30. The summed E-state index contributed by atoms with van der Waals surface area (Å²) >= 11 is 0. The van der Waals surface area contributed by atoms with E-state index in [1.165, 1.54) is 0 Å². The van der Waals surface area contributed by atoms with Gasteiger partial charge in [-0.2, -0.15) is 0 Å². The first-order valence-corrected chi connectivity index (χ1v) is 10.1. The molecule has 9 nitrogen and oxygen atoms in total. The van der Waals surface area contributed by atoms with Crippen molar-refractivity contribution < 1.29 is 14.3 Å². The molecular weight excluding hydrogens is 384 g/mol. The zero-order chi connectivity index (χ0) is 20.5. The van der Waals surface area contributed by atoms with Crippen molar-refractivity contribution in [1.29, 1.82) is 0 Å². The molecule has 0 spiro atoms. The second-order valence-electron chi connectivity index (χ2n) is 7.68. The highest BCUT2D eigenvalue weighted by Crippen LogP contribution is 2.31. The lowest BCUT2D eigenvalue weighted by Crippen LogP contribution is -2.46. The van der Waals surface area contributed by atoms with Crippen LogP contribution in [0, 0.1) is 0 Å². The van der Waals surface area contributed by atoms with Crippen LogP contribution in [0.15, 0.2) is 36.5 Å². The molecule has 0 bridgehead atoms. The molecule has 1 fully saturated rings. The van der Waals surface area contributed by atoms with E-state index in [0.717, 1.165) is 36.2 Å². The Morgan fingerprint density at radius 3 is 3.03 bits per heavy atom. The number of imidazole rings is 1. The number of anilines is 1. The first-order valence-electron chi connectivity index (χ1n) is 10.1. The van der Waals surface area contributed by atoms with Crippen molar-refractivity contribution in [2.45, 2.75) is 24.9 Å². The average Bonchev–Trinajstić information content (AvgIpc) is 3.19. The number of nitrogens with zero attached hydrogens (tertiary/aromatic N) is 3. The molecule has 2 aromatic heterocycles. The minimum Gasteiger partial charge on any atom is -0.484 e. The van der Waals surface area contributed by atoms with Gasteiger partial charge in [-0.15, -0.1) is 0 Å². The minimum absolute atomic E-state index is 0.0459. The van der Waals surface area contributed by atoms with E-state index in [4.69, 9.17) is 14.5 Å². The maximum atomic E-state index is 12.6. The van der Waals surface area contributed by atoms with Gasteiger partial charge in [0.05, 0.1) is 29.0 Å². The van der Waals surface area contributed by atoms with Gasteiger partial charge in [-0.1, -0.05) is 12.1 Å². The highest BCUT2D eigenvalue weighted by molar-refractivity contribution is 5.89. The van der Waals surface area contributed by atoms with E-state index in [1.54, 1.807) is 12.3 Å². The summed E-state index contributed by atoms with van der Waals surface area (Å²) in [6, 6.07) is 9.65. The summed E-state index contributed by atoms with van der Waals surface area (Å²) in [4.78, 5) is 27.2. The monoisotopic (exact) mass is 408 g/mol. The fraction of sp³-hybridized carbons (Fsp3) is 0.381. The summed E-state index contributed by atoms with van der Waals surface area (Å²) in [5.74, 6) is 1.93. The van der Waals surface area contributed by atoms with Crippen molar-refractivity contribution in [2.75, 3.05) is 32.1 Å². The predicted octanol–water partition coefficient (Wildman–Crippen LogP) is 2.69. The number of urea groups is 1. The number of carbonyl (C=O) groups is 1. The first kappa shape index (κ1) is 18.7. The summed E-state index contributed by atoms with van der Waals surface area (Å²) in [5, 5.41) is 5.92. The molecule has 156 valence electrons. The summed E-state index contributed by atoms with van der Waals surface area (Å²) < 4.78 is 10.9. The van der Waals surface area contributed by atoms with E-state index < -0.39 is 0 Å². The quantitative estimate of drug-likeness (QED) is 0.616. The van der Waals surface area contributed by atoms with Crippen molar-refractivity contribution in [3.63, 3.8) is 0 Å². The Hall–Kier alpha value is -3.33. The van der Waals surface area contributed by atoms with Gasteiger partial charge in [0.25, 0.3) is 5.88 Å². The minimum atomic E-state index is -0.258. The molecular formula is C21H24N6O3. The van der Waals surface area contributed by atoms with E-state index in [1.807, 2.05) is 24.3 Å². The lowest BCUT2D eigenvalue weighted by molar-refractivity contribution is 0.153. The number of carbonyl (C=O) groups excluding carboxylic acids is 1. The van der Waals surface area contributed by atoms with Crippen LogP contribution >= 0.6 is 0 Å². The number of rotatable bonds is 3. The number of para-hydroxylation sites is 2. The van der Waals surface area contributed by atoms with Gasteiger partial charge in [-0.25, -0.2) is 14.8 Å². The number of hydrogen-bond donors (Lipinski definition) is 3. The fourth-order valence-electron chi connectivity index (χ4n) is 4.02. The SMILES string of the molecule is CN1CC[C@@H](NC(=O)Nc2cnc3c(c2)OCCO3)C[C@@H]1c1nc2ccccc2[nH]1. The molecule has 9 heteroatoms. The van der Waals surface area contributed by atoms with Crippen LogP contribution in [0.1, 0.15) is 24.7 Å².